The summed E-state index contributed by atoms with van der Waals surface area (Å²) in [6.45, 7) is 23.7. The van der Waals surface area contributed by atoms with E-state index < -0.39 is 35.3 Å². The Morgan fingerprint density at radius 2 is 0.965 bits per heavy atom. The molecule has 0 saturated carbocycles. The molecule has 0 aliphatic rings. The van der Waals surface area contributed by atoms with Crippen molar-refractivity contribution in [3.05, 3.63) is 107 Å². The molecule has 4 atom stereocenters. The molecule has 0 aliphatic carbocycles. The predicted molar refractivity (Wildman–Crippen MR) is 222 cm³/mol. The lowest BCUT2D eigenvalue weighted by molar-refractivity contribution is -0.264. The second kappa shape index (κ2) is 20.6. The molecule has 0 radical (unpaired) electrons. The van der Waals surface area contributed by atoms with Crippen molar-refractivity contribution in [2.75, 3.05) is 0 Å². The van der Waals surface area contributed by atoms with E-state index >= 15 is 0 Å². The Morgan fingerprint density at radius 1 is 0.561 bits per heavy atom. The smallest absolute Gasteiger partial charge is 0.508 e. The fourth-order valence-electron chi connectivity index (χ4n) is 5.34. The van der Waals surface area contributed by atoms with Crippen LogP contribution in [-0.4, -0.2) is 34.8 Å². The quantitative estimate of drug-likeness (QED) is 0.133. The van der Waals surface area contributed by atoms with E-state index in [9.17, 15) is 27.9 Å². The lowest BCUT2D eigenvalue weighted by atomic mass is 9.91. The molecule has 4 unspecified atom stereocenters. The van der Waals surface area contributed by atoms with Gasteiger partial charge in [-0.05, 0) is 137 Å². The predicted octanol–water partition coefficient (Wildman–Crippen LogP) is 14.5. The second-order valence-electron chi connectivity index (χ2n) is 16.6. The molecule has 0 spiro atoms. The summed E-state index contributed by atoms with van der Waals surface area (Å²) < 4.78 is 60.5. The topological polar surface area (TPSA) is 91.3 Å². The average Bonchev–Trinajstić information content (AvgIpc) is 3.12. The number of benzene rings is 4. The van der Waals surface area contributed by atoms with Gasteiger partial charge in [-0.3, -0.25) is 0 Å². The van der Waals surface area contributed by atoms with E-state index in [-0.39, 0.29) is 11.5 Å². The van der Waals surface area contributed by atoms with E-state index in [0.717, 1.165) is 37.1 Å². The van der Waals surface area contributed by atoms with Gasteiger partial charge in [0.1, 0.15) is 22.7 Å². The summed E-state index contributed by atoms with van der Waals surface area (Å²) in [5.74, 6) is 2.20. The monoisotopic (exact) mass is 796 g/mol. The summed E-state index contributed by atoms with van der Waals surface area (Å²) in [6, 6.07) is 25.5. The van der Waals surface area contributed by atoms with Gasteiger partial charge in [0.05, 0.1) is 0 Å². The van der Waals surface area contributed by atoms with Crippen LogP contribution in [0.1, 0.15) is 149 Å². The molecule has 10 heteroatoms. The minimum absolute atomic E-state index is 0.145. The number of ether oxygens (including phenoxy) is 4. The largest absolute Gasteiger partial charge is 0.514 e. The summed E-state index contributed by atoms with van der Waals surface area (Å²) in [5.41, 5.74) is -0.846. The van der Waals surface area contributed by atoms with Gasteiger partial charge in [-0.15, -0.1) is 0 Å². The number of alkyl halides is 3. The molecule has 0 saturated heterocycles. The molecule has 0 fully saturated rings. The minimum Gasteiger partial charge on any atom is -0.508 e. The normalized spacial score (nSPS) is 14.3. The molecule has 0 aromatic heterocycles. The van der Waals surface area contributed by atoms with Crippen LogP contribution in [0.2, 0.25) is 0 Å². The Balaban J connectivity index is 0.000000303. The highest BCUT2D eigenvalue weighted by molar-refractivity contribution is 5.84. The van der Waals surface area contributed by atoms with Crippen LogP contribution < -0.4 is 4.74 Å². The molecule has 4 aromatic rings. The molecule has 0 aliphatic heterocycles. The summed E-state index contributed by atoms with van der Waals surface area (Å²) in [5, 5.41) is 11.7. The molecule has 0 heterocycles. The highest BCUT2D eigenvalue weighted by atomic mass is 19.4. The number of aromatic hydroxyl groups is 1. The van der Waals surface area contributed by atoms with Gasteiger partial charge in [0.2, 0.25) is 5.60 Å². The van der Waals surface area contributed by atoms with Crippen molar-refractivity contribution in [2.45, 2.75) is 150 Å². The van der Waals surface area contributed by atoms with Crippen LogP contribution in [0.4, 0.5) is 22.8 Å². The first-order valence-corrected chi connectivity index (χ1v) is 19.6. The van der Waals surface area contributed by atoms with E-state index in [0.29, 0.717) is 23.3 Å². The van der Waals surface area contributed by atoms with Crippen molar-refractivity contribution in [3.63, 3.8) is 0 Å². The zero-order valence-corrected chi connectivity index (χ0v) is 36.0. The van der Waals surface area contributed by atoms with Crippen LogP contribution >= 0.6 is 0 Å². The fourth-order valence-corrected chi connectivity index (χ4v) is 5.34. The molecule has 0 bridgehead atoms. The Kier molecular flexibility index (Phi) is 17.5. The van der Waals surface area contributed by atoms with Gasteiger partial charge >= 0.3 is 18.5 Å². The maximum absolute atomic E-state index is 13.6. The van der Waals surface area contributed by atoms with Crippen molar-refractivity contribution < 1.29 is 46.8 Å². The zero-order valence-electron chi connectivity index (χ0n) is 36.0. The molecule has 4 aromatic carbocycles. The van der Waals surface area contributed by atoms with Gasteiger partial charge in [-0.1, -0.05) is 102 Å². The Morgan fingerprint density at radius 3 is 1.42 bits per heavy atom. The molecule has 57 heavy (non-hydrogen) atoms. The molecule has 7 nitrogen and oxygen atoms in total. The summed E-state index contributed by atoms with van der Waals surface area (Å²) in [7, 11) is 0. The summed E-state index contributed by atoms with van der Waals surface area (Å²) >= 11 is 0. The maximum atomic E-state index is 13.6. The van der Waals surface area contributed by atoms with Crippen LogP contribution in [0.25, 0.3) is 10.8 Å². The fraction of sp³-hybridized carbons (Fsp3) is 0.489. The third kappa shape index (κ3) is 15.6. The highest BCUT2D eigenvalue weighted by Gasteiger charge is 2.56. The second-order valence-corrected chi connectivity index (χ2v) is 16.6. The molecule has 314 valence electrons. The molecule has 1 N–H and O–H groups in total. The number of hydrogen-bond donors (Lipinski definition) is 1. The van der Waals surface area contributed by atoms with Gasteiger partial charge < -0.3 is 24.1 Å². The number of halogens is 3. The molecule has 4 rings (SSSR count). The maximum Gasteiger partial charge on any atom is 0.514 e. The minimum atomic E-state index is -4.78. The third-order valence-corrected chi connectivity index (χ3v) is 9.54. The van der Waals surface area contributed by atoms with Gasteiger partial charge in [0.25, 0.3) is 0 Å². The number of rotatable bonds is 9. The van der Waals surface area contributed by atoms with Crippen molar-refractivity contribution in [1.29, 1.82) is 0 Å². The number of fused-ring (bicyclic) bond motifs is 1. The van der Waals surface area contributed by atoms with E-state index in [1.54, 1.807) is 77.9 Å². The van der Waals surface area contributed by atoms with Crippen LogP contribution in [0.5, 0.6) is 11.5 Å². The van der Waals surface area contributed by atoms with Gasteiger partial charge in [-0.25, -0.2) is 9.59 Å². The summed E-state index contributed by atoms with van der Waals surface area (Å²) in [4.78, 5) is 23.2. The highest BCUT2D eigenvalue weighted by Crippen LogP contribution is 2.43. The first-order chi connectivity index (χ1) is 26.3. The zero-order chi connectivity index (χ0) is 43.4. The molecule has 0 amide bonds. The van der Waals surface area contributed by atoms with E-state index in [2.05, 4.69) is 45.9 Å². The number of carbonyl (C=O) groups excluding carboxylic acids is 2. The van der Waals surface area contributed by atoms with Crippen LogP contribution in [0.15, 0.2) is 84.9 Å². The Labute approximate surface area is 337 Å². The number of hydrogen-bond acceptors (Lipinski definition) is 7. The van der Waals surface area contributed by atoms with Crippen molar-refractivity contribution in [3.8, 4) is 11.5 Å². The van der Waals surface area contributed by atoms with E-state index in [1.807, 2.05) is 32.0 Å². The standard InChI is InChI=1S/C18H25F3O3.C15H22O3.C14H16O/c1-7-12(2)13-8-10-14(11-9-13)17(6,18(19,20)21)24-15(22)23-16(3,4)5;1-6-11(2)12-7-9-13(10-8-12)17-14(16)18-15(3,4)5;1-3-10(2)11-4-5-13-9-14(15)7-6-12(13)8-11/h8-12H,7H2,1-6H3;7-11H,6H2,1-5H3;4-10,15H,3H2,1-2H3. The Hall–Kier alpha value is -4.73. The summed E-state index contributed by atoms with van der Waals surface area (Å²) in [6.07, 6.45) is -3.67. The van der Waals surface area contributed by atoms with E-state index in [1.165, 1.54) is 28.6 Å². The Bertz CT molecular complexity index is 1860. The van der Waals surface area contributed by atoms with Gasteiger partial charge in [0, 0.05) is 5.56 Å². The third-order valence-electron chi connectivity index (χ3n) is 9.54. The lowest BCUT2D eigenvalue weighted by Crippen LogP contribution is -2.44. The molecular weight excluding hydrogens is 734 g/mol. The van der Waals surface area contributed by atoms with Crippen molar-refractivity contribution in [2.24, 2.45) is 0 Å². The van der Waals surface area contributed by atoms with E-state index in [4.69, 9.17) is 18.9 Å². The van der Waals surface area contributed by atoms with Crippen LogP contribution in [0.3, 0.4) is 0 Å². The number of phenols is 1. The van der Waals surface area contributed by atoms with Crippen LogP contribution in [-0.2, 0) is 19.8 Å². The molecular formula is C47H63F3O7. The average molecular weight is 797 g/mol. The first kappa shape index (κ1) is 48.4. The van der Waals surface area contributed by atoms with Gasteiger partial charge in [-0.2, -0.15) is 13.2 Å². The lowest BCUT2D eigenvalue weighted by Gasteiger charge is -2.33. The number of carbonyl (C=O) groups is 2. The number of phenolic OH excluding ortho intramolecular Hbond substituents is 1. The van der Waals surface area contributed by atoms with Crippen LogP contribution in [0, 0.1) is 0 Å². The van der Waals surface area contributed by atoms with Gasteiger partial charge in [0.15, 0.2) is 0 Å². The SMILES string of the molecule is CCC(C)c1ccc(C(C)(OC(=O)OC(C)(C)C)C(F)(F)F)cc1.CCC(C)c1ccc(OC(=O)OC(C)(C)C)cc1.CCC(C)c1ccc2cc(O)ccc2c1. The first-order valence-electron chi connectivity index (χ1n) is 19.6. The van der Waals surface area contributed by atoms with Crippen molar-refractivity contribution >= 4 is 23.1 Å². The van der Waals surface area contributed by atoms with Crippen molar-refractivity contribution in [1.82, 2.24) is 0 Å².